The van der Waals surface area contributed by atoms with Crippen LogP contribution in [0.3, 0.4) is 0 Å². The molecule has 0 saturated heterocycles. The van der Waals surface area contributed by atoms with Crippen LogP contribution < -0.4 is 10.5 Å². The average molecular weight is 187 g/mol. The zero-order valence-electron chi connectivity index (χ0n) is 7.69. The Morgan fingerprint density at radius 3 is 2.71 bits per heavy atom. The predicted molar refractivity (Wildman–Crippen MR) is 51.3 cm³/mol. The van der Waals surface area contributed by atoms with Gasteiger partial charge in [0.05, 0.1) is 11.3 Å². The first kappa shape index (κ1) is 9.88. The van der Waals surface area contributed by atoms with Crippen molar-refractivity contribution in [1.82, 2.24) is 0 Å². The van der Waals surface area contributed by atoms with Crippen molar-refractivity contribution in [2.75, 3.05) is 5.73 Å². The van der Waals surface area contributed by atoms with Crippen LogP contribution in [-0.2, 0) is 0 Å². The molecule has 4 nitrogen and oxygen atoms in total. The predicted octanol–water partition coefficient (Wildman–Crippen LogP) is 1.43. The maximum atomic E-state index is 8.68. The molecule has 0 radical (unpaired) electrons. The fourth-order valence-electron chi connectivity index (χ4n) is 0.961. The van der Waals surface area contributed by atoms with Gasteiger partial charge in [0, 0.05) is 0 Å². The number of anilines is 1. The van der Waals surface area contributed by atoms with Gasteiger partial charge in [-0.1, -0.05) is 6.07 Å². The van der Waals surface area contributed by atoms with Crippen molar-refractivity contribution in [3.63, 3.8) is 0 Å². The van der Waals surface area contributed by atoms with E-state index in [0.29, 0.717) is 11.3 Å². The highest BCUT2D eigenvalue weighted by Crippen LogP contribution is 2.25. The third-order valence-corrected chi connectivity index (χ3v) is 1.67. The average Bonchev–Trinajstić information content (AvgIpc) is 2.21. The van der Waals surface area contributed by atoms with Crippen LogP contribution in [0.2, 0.25) is 0 Å². The van der Waals surface area contributed by atoms with Gasteiger partial charge in [-0.2, -0.15) is 10.5 Å². The van der Waals surface area contributed by atoms with Gasteiger partial charge in [-0.15, -0.1) is 0 Å². The molecule has 1 unspecified atom stereocenters. The van der Waals surface area contributed by atoms with Crippen molar-refractivity contribution >= 4 is 5.69 Å². The smallest absolute Gasteiger partial charge is 0.181 e. The van der Waals surface area contributed by atoms with Crippen LogP contribution in [0.25, 0.3) is 0 Å². The number of nitrogens with zero attached hydrogens (tertiary/aromatic N) is 2. The van der Waals surface area contributed by atoms with Crippen LogP contribution in [0, 0.1) is 22.7 Å². The fourth-order valence-corrected chi connectivity index (χ4v) is 0.961. The zero-order chi connectivity index (χ0) is 10.6. The lowest BCUT2D eigenvalue weighted by atomic mass is 10.2. The van der Waals surface area contributed by atoms with Gasteiger partial charge in [0.1, 0.15) is 17.9 Å². The van der Waals surface area contributed by atoms with Crippen molar-refractivity contribution in [2.45, 2.75) is 13.0 Å². The Bertz CT molecular complexity index is 414. The summed E-state index contributed by atoms with van der Waals surface area (Å²) in [6.45, 7) is 1.61. The molecule has 0 aliphatic carbocycles. The molecule has 0 aromatic heterocycles. The summed E-state index contributed by atoms with van der Waals surface area (Å²) in [4.78, 5) is 0. The molecule has 0 spiro atoms. The first-order chi connectivity index (χ1) is 6.69. The molecule has 0 heterocycles. The van der Waals surface area contributed by atoms with E-state index in [-0.39, 0.29) is 5.69 Å². The highest BCUT2D eigenvalue weighted by atomic mass is 16.5. The van der Waals surface area contributed by atoms with E-state index >= 15 is 0 Å². The lowest BCUT2D eigenvalue weighted by Gasteiger charge is -2.10. The van der Waals surface area contributed by atoms with Crippen molar-refractivity contribution in [2.24, 2.45) is 0 Å². The third-order valence-electron chi connectivity index (χ3n) is 1.67. The first-order valence-electron chi connectivity index (χ1n) is 4.04. The van der Waals surface area contributed by atoms with Crippen LogP contribution in [-0.4, -0.2) is 6.10 Å². The first-order valence-corrected chi connectivity index (χ1v) is 4.04. The Kier molecular flexibility index (Phi) is 2.93. The van der Waals surface area contributed by atoms with Gasteiger partial charge in [0.25, 0.3) is 0 Å². The fraction of sp³-hybridized carbons (Fsp3) is 0.200. The van der Waals surface area contributed by atoms with E-state index in [9.17, 15) is 0 Å². The molecule has 4 heteroatoms. The van der Waals surface area contributed by atoms with Crippen LogP contribution in [0.15, 0.2) is 18.2 Å². The number of nitrogen functional groups attached to an aromatic ring is 1. The maximum Gasteiger partial charge on any atom is 0.181 e. The van der Waals surface area contributed by atoms with Crippen molar-refractivity contribution in [3.05, 3.63) is 23.8 Å². The number of hydrogen-bond donors (Lipinski definition) is 1. The molecule has 0 aliphatic rings. The van der Waals surface area contributed by atoms with Gasteiger partial charge in [0.2, 0.25) is 0 Å². The highest BCUT2D eigenvalue weighted by molar-refractivity contribution is 5.63. The van der Waals surface area contributed by atoms with E-state index in [0.717, 1.165) is 0 Å². The van der Waals surface area contributed by atoms with E-state index in [1.807, 2.05) is 12.1 Å². The minimum atomic E-state index is -0.578. The van der Waals surface area contributed by atoms with E-state index in [2.05, 4.69) is 0 Å². The lowest BCUT2D eigenvalue weighted by Crippen LogP contribution is -2.10. The molecule has 2 N–H and O–H groups in total. The van der Waals surface area contributed by atoms with Crippen LogP contribution >= 0.6 is 0 Å². The van der Waals surface area contributed by atoms with Crippen LogP contribution in [0.1, 0.15) is 12.5 Å². The lowest BCUT2D eigenvalue weighted by molar-refractivity contribution is 0.278. The SMILES string of the molecule is CC(C#N)Oc1cccc(C#N)c1N. The molecule has 0 fully saturated rings. The quantitative estimate of drug-likeness (QED) is 0.710. The summed E-state index contributed by atoms with van der Waals surface area (Å²) >= 11 is 0. The summed E-state index contributed by atoms with van der Waals surface area (Å²) in [6, 6.07) is 8.74. The second-order valence-electron chi connectivity index (χ2n) is 2.72. The molecular formula is C10H9N3O. The van der Waals surface area contributed by atoms with Crippen LogP contribution in [0.5, 0.6) is 5.75 Å². The monoisotopic (exact) mass is 187 g/mol. The normalized spacial score (nSPS) is 11.1. The summed E-state index contributed by atoms with van der Waals surface area (Å²) < 4.78 is 5.20. The summed E-state index contributed by atoms with van der Waals surface area (Å²) in [6.07, 6.45) is -0.578. The summed E-state index contributed by atoms with van der Waals surface area (Å²) in [5, 5.41) is 17.2. The summed E-state index contributed by atoms with van der Waals surface area (Å²) in [5.41, 5.74) is 6.27. The van der Waals surface area contributed by atoms with Crippen molar-refractivity contribution in [1.29, 1.82) is 10.5 Å². The zero-order valence-corrected chi connectivity index (χ0v) is 7.69. The topological polar surface area (TPSA) is 82.8 Å². The van der Waals surface area contributed by atoms with Crippen molar-refractivity contribution < 1.29 is 4.74 Å². The summed E-state index contributed by atoms with van der Waals surface area (Å²) in [7, 11) is 0. The largest absolute Gasteiger partial charge is 0.474 e. The number of nitrogens with two attached hydrogens (primary N) is 1. The molecule has 0 bridgehead atoms. The minimum absolute atomic E-state index is 0.275. The van der Waals surface area contributed by atoms with Crippen molar-refractivity contribution in [3.8, 4) is 17.9 Å². The van der Waals surface area contributed by atoms with Gasteiger partial charge in [-0.3, -0.25) is 0 Å². The Hall–Kier alpha value is -2.20. The number of para-hydroxylation sites is 1. The molecule has 1 rings (SSSR count). The molecule has 14 heavy (non-hydrogen) atoms. The number of ether oxygens (including phenoxy) is 1. The van der Waals surface area contributed by atoms with Gasteiger partial charge in [-0.25, -0.2) is 0 Å². The van der Waals surface area contributed by atoms with E-state index in [1.165, 1.54) is 0 Å². The molecule has 0 saturated carbocycles. The molecule has 1 aromatic carbocycles. The molecule has 0 amide bonds. The molecule has 0 aliphatic heterocycles. The number of hydrogen-bond acceptors (Lipinski definition) is 4. The summed E-state index contributed by atoms with van der Waals surface area (Å²) in [5.74, 6) is 0.373. The second kappa shape index (κ2) is 4.15. The highest BCUT2D eigenvalue weighted by Gasteiger charge is 2.08. The number of rotatable bonds is 2. The van der Waals surface area contributed by atoms with E-state index < -0.39 is 6.10 Å². The Balaban J connectivity index is 3.01. The minimum Gasteiger partial charge on any atom is -0.474 e. The molecular weight excluding hydrogens is 178 g/mol. The molecule has 70 valence electrons. The van der Waals surface area contributed by atoms with Gasteiger partial charge < -0.3 is 10.5 Å². The van der Waals surface area contributed by atoms with Gasteiger partial charge in [-0.05, 0) is 19.1 Å². The Labute approximate surface area is 82.1 Å². The van der Waals surface area contributed by atoms with Crippen LogP contribution in [0.4, 0.5) is 5.69 Å². The standard InChI is InChI=1S/C10H9N3O/c1-7(5-11)14-9-4-2-3-8(6-12)10(9)13/h2-4,7H,13H2,1H3. The van der Waals surface area contributed by atoms with Gasteiger partial charge in [0.15, 0.2) is 6.10 Å². The van der Waals surface area contributed by atoms with Gasteiger partial charge >= 0.3 is 0 Å². The molecule has 1 atom stereocenters. The third kappa shape index (κ3) is 1.94. The Morgan fingerprint density at radius 2 is 2.14 bits per heavy atom. The second-order valence-corrected chi connectivity index (χ2v) is 2.72. The maximum absolute atomic E-state index is 8.68. The molecule has 1 aromatic rings. The van der Waals surface area contributed by atoms with E-state index in [4.69, 9.17) is 21.0 Å². The Morgan fingerprint density at radius 1 is 1.43 bits per heavy atom. The number of benzene rings is 1. The van der Waals surface area contributed by atoms with E-state index in [1.54, 1.807) is 25.1 Å². The number of nitriles is 2.